The van der Waals surface area contributed by atoms with Gasteiger partial charge in [-0.15, -0.1) is 11.3 Å². The summed E-state index contributed by atoms with van der Waals surface area (Å²) in [6, 6.07) is 3.87. The highest BCUT2D eigenvalue weighted by molar-refractivity contribution is 7.13. The number of H-pyrrole nitrogens is 1. The van der Waals surface area contributed by atoms with E-state index in [0.717, 1.165) is 16.9 Å². The number of hydrogen-bond donors (Lipinski definition) is 1. The highest BCUT2D eigenvalue weighted by Gasteiger charge is 2.06. The van der Waals surface area contributed by atoms with E-state index < -0.39 is 0 Å². The minimum atomic E-state index is 0.539. The summed E-state index contributed by atoms with van der Waals surface area (Å²) in [6.07, 6.45) is 2.31. The minimum absolute atomic E-state index is 0.539. The van der Waals surface area contributed by atoms with Crippen LogP contribution in [0.1, 0.15) is 10.5 Å². The first-order valence-corrected chi connectivity index (χ1v) is 4.32. The van der Waals surface area contributed by atoms with Crippen molar-refractivity contribution in [1.29, 1.82) is 0 Å². The highest BCUT2D eigenvalue weighted by Crippen LogP contribution is 2.23. The molecule has 0 fully saturated rings. The molecule has 4 heteroatoms. The van der Waals surface area contributed by atoms with Crippen molar-refractivity contribution in [1.82, 2.24) is 9.97 Å². The molecule has 0 aliphatic heterocycles. The van der Waals surface area contributed by atoms with Crippen LogP contribution in [0.15, 0.2) is 23.8 Å². The number of aromatic amines is 1. The van der Waals surface area contributed by atoms with Crippen LogP contribution in [0.4, 0.5) is 0 Å². The number of aldehydes is 1. The van der Waals surface area contributed by atoms with Gasteiger partial charge in [-0.1, -0.05) is 6.07 Å². The topological polar surface area (TPSA) is 45.8 Å². The van der Waals surface area contributed by atoms with Gasteiger partial charge in [0.1, 0.15) is 11.4 Å². The SMILES string of the molecule is O=Cc1[nH]cnc1-c1cccs1. The van der Waals surface area contributed by atoms with Gasteiger partial charge in [0.2, 0.25) is 0 Å². The maximum Gasteiger partial charge on any atom is 0.168 e. The number of rotatable bonds is 2. The van der Waals surface area contributed by atoms with Gasteiger partial charge >= 0.3 is 0 Å². The Bertz CT molecular complexity index is 377. The third kappa shape index (κ3) is 1.06. The van der Waals surface area contributed by atoms with E-state index in [1.807, 2.05) is 17.5 Å². The van der Waals surface area contributed by atoms with Crippen LogP contribution < -0.4 is 0 Å². The average Bonchev–Trinajstić information content (AvgIpc) is 2.74. The molecule has 12 heavy (non-hydrogen) atoms. The van der Waals surface area contributed by atoms with E-state index in [2.05, 4.69) is 9.97 Å². The van der Waals surface area contributed by atoms with Gasteiger partial charge in [0, 0.05) is 0 Å². The molecular formula is C8H6N2OS. The second kappa shape index (κ2) is 2.91. The third-order valence-electron chi connectivity index (χ3n) is 1.54. The van der Waals surface area contributed by atoms with Crippen LogP contribution in [0.25, 0.3) is 10.6 Å². The van der Waals surface area contributed by atoms with E-state index in [4.69, 9.17) is 0 Å². The Labute approximate surface area is 73.1 Å². The molecule has 0 unspecified atom stereocenters. The number of hydrogen-bond acceptors (Lipinski definition) is 3. The molecule has 0 saturated carbocycles. The Balaban J connectivity index is 2.53. The molecule has 0 radical (unpaired) electrons. The lowest BCUT2D eigenvalue weighted by Crippen LogP contribution is -1.82. The first-order chi connectivity index (χ1) is 5.92. The van der Waals surface area contributed by atoms with E-state index >= 15 is 0 Å². The normalized spacial score (nSPS) is 10.0. The number of nitrogens with zero attached hydrogens (tertiary/aromatic N) is 1. The Morgan fingerprint density at radius 3 is 3.17 bits per heavy atom. The van der Waals surface area contributed by atoms with Crippen molar-refractivity contribution in [2.75, 3.05) is 0 Å². The van der Waals surface area contributed by atoms with Gasteiger partial charge in [0.05, 0.1) is 11.2 Å². The molecule has 0 aliphatic carbocycles. The molecule has 0 bridgehead atoms. The number of carbonyl (C=O) groups excluding carboxylic acids is 1. The summed E-state index contributed by atoms with van der Waals surface area (Å²) in [5.74, 6) is 0. The fourth-order valence-corrected chi connectivity index (χ4v) is 1.74. The van der Waals surface area contributed by atoms with E-state index in [9.17, 15) is 4.79 Å². The van der Waals surface area contributed by atoms with Gasteiger partial charge in [0.25, 0.3) is 0 Å². The minimum Gasteiger partial charge on any atom is -0.342 e. The van der Waals surface area contributed by atoms with Crippen molar-refractivity contribution < 1.29 is 4.79 Å². The Hall–Kier alpha value is -1.42. The van der Waals surface area contributed by atoms with Crippen molar-refractivity contribution in [2.24, 2.45) is 0 Å². The monoisotopic (exact) mass is 178 g/mol. The maximum absolute atomic E-state index is 10.5. The zero-order valence-electron chi connectivity index (χ0n) is 6.15. The molecule has 1 N–H and O–H groups in total. The van der Waals surface area contributed by atoms with Crippen LogP contribution >= 0.6 is 11.3 Å². The smallest absolute Gasteiger partial charge is 0.168 e. The van der Waals surface area contributed by atoms with Gasteiger partial charge in [-0.2, -0.15) is 0 Å². The Morgan fingerprint density at radius 2 is 2.50 bits per heavy atom. The van der Waals surface area contributed by atoms with Crippen LogP contribution in [-0.2, 0) is 0 Å². The molecule has 0 aliphatic rings. The fourth-order valence-electron chi connectivity index (χ4n) is 1.00. The summed E-state index contributed by atoms with van der Waals surface area (Å²) in [4.78, 5) is 18.4. The van der Waals surface area contributed by atoms with Crippen molar-refractivity contribution in [3.8, 4) is 10.6 Å². The van der Waals surface area contributed by atoms with Crippen molar-refractivity contribution in [2.45, 2.75) is 0 Å². The molecule has 0 atom stereocenters. The molecule has 2 aromatic heterocycles. The Kier molecular flexibility index (Phi) is 1.75. The van der Waals surface area contributed by atoms with Crippen molar-refractivity contribution >= 4 is 17.6 Å². The maximum atomic E-state index is 10.5. The summed E-state index contributed by atoms with van der Waals surface area (Å²) < 4.78 is 0. The van der Waals surface area contributed by atoms with Crippen LogP contribution in [0.5, 0.6) is 0 Å². The standard InChI is InChI=1S/C8H6N2OS/c11-4-6-8(10-5-9-6)7-2-1-3-12-7/h1-5H,(H,9,10). The molecule has 0 aromatic carbocycles. The number of carbonyl (C=O) groups is 1. The lowest BCUT2D eigenvalue weighted by Gasteiger charge is -1.89. The number of aromatic nitrogens is 2. The lowest BCUT2D eigenvalue weighted by molar-refractivity contribution is 0.112. The predicted octanol–water partition coefficient (Wildman–Crippen LogP) is 1.95. The molecule has 0 spiro atoms. The average molecular weight is 178 g/mol. The van der Waals surface area contributed by atoms with Gasteiger partial charge in [-0.25, -0.2) is 4.98 Å². The van der Waals surface area contributed by atoms with Crippen LogP contribution in [0, 0.1) is 0 Å². The Morgan fingerprint density at radius 1 is 1.58 bits per heavy atom. The summed E-state index contributed by atoms with van der Waals surface area (Å²) in [5, 5.41) is 1.96. The van der Waals surface area contributed by atoms with E-state index in [1.54, 1.807) is 11.3 Å². The lowest BCUT2D eigenvalue weighted by atomic mass is 10.3. The zero-order valence-corrected chi connectivity index (χ0v) is 6.97. The molecule has 60 valence electrons. The van der Waals surface area contributed by atoms with Gasteiger partial charge < -0.3 is 4.98 Å². The largest absolute Gasteiger partial charge is 0.342 e. The summed E-state index contributed by atoms with van der Waals surface area (Å²) in [7, 11) is 0. The van der Waals surface area contributed by atoms with Crippen LogP contribution in [0.3, 0.4) is 0 Å². The van der Waals surface area contributed by atoms with Crippen LogP contribution in [0.2, 0.25) is 0 Å². The van der Waals surface area contributed by atoms with E-state index in [0.29, 0.717) is 5.69 Å². The molecule has 3 nitrogen and oxygen atoms in total. The summed E-state index contributed by atoms with van der Waals surface area (Å²) in [5.41, 5.74) is 1.28. The first-order valence-electron chi connectivity index (χ1n) is 3.44. The fraction of sp³-hybridized carbons (Fsp3) is 0. The summed E-state index contributed by atoms with van der Waals surface area (Å²) >= 11 is 1.57. The molecule has 2 heterocycles. The van der Waals surface area contributed by atoms with Gasteiger partial charge in [-0.3, -0.25) is 4.79 Å². The zero-order chi connectivity index (χ0) is 8.39. The van der Waals surface area contributed by atoms with Crippen molar-refractivity contribution in [3.63, 3.8) is 0 Å². The molecule has 0 saturated heterocycles. The van der Waals surface area contributed by atoms with E-state index in [-0.39, 0.29) is 0 Å². The number of nitrogens with one attached hydrogen (secondary N) is 1. The molecule has 0 amide bonds. The number of thiophene rings is 1. The predicted molar refractivity (Wildman–Crippen MR) is 47.3 cm³/mol. The quantitative estimate of drug-likeness (QED) is 0.714. The molecular weight excluding hydrogens is 172 g/mol. The van der Waals surface area contributed by atoms with E-state index in [1.165, 1.54) is 6.33 Å². The van der Waals surface area contributed by atoms with Crippen LogP contribution in [-0.4, -0.2) is 16.3 Å². The molecule has 2 rings (SSSR count). The first kappa shape index (κ1) is 7.24. The summed E-state index contributed by atoms with van der Waals surface area (Å²) in [6.45, 7) is 0. The van der Waals surface area contributed by atoms with Gasteiger partial charge in [-0.05, 0) is 11.4 Å². The molecule has 2 aromatic rings. The second-order valence-corrected chi connectivity index (χ2v) is 3.21. The second-order valence-electron chi connectivity index (χ2n) is 2.26. The van der Waals surface area contributed by atoms with Crippen molar-refractivity contribution in [3.05, 3.63) is 29.5 Å². The number of imidazole rings is 1. The third-order valence-corrected chi connectivity index (χ3v) is 2.42. The van der Waals surface area contributed by atoms with Gasteiger partial charge in [0.15, 0.2) is 6.29 Å². The highest BCUT2D eigenvalue weighted by atomic mass is 32.1.